The maximum Gasteiger partial charge on any atom is 0.226 e. The van der Waals surface area contributed by atoms with Crippen molar-refractivity contribution >= 4 is 34.2 Å². The van der Waals surface area contributed by atoms with E-state index in [0.29, 0.717) is 19.6 Å². The Morgan fingerprint density at radius 3 is 2.67 bits per heavy atom. The molecular weight excluding hydrogens is 381 g/mol. The summed E-state index contributed by atoms with van der Waals surface area (Å²) in [6.45, 7) is 5.15. The van der Waals surface area contributed by atoms with Gasteiger partial charge in [0.25, 0.3) is 0 Å². The molecule has 1 aromatic carbocycles. The maximum absolute atomic E-state index is 11.9. The van der Waals surface area contributed by atoms with Gasteiger partial charge in [-0.05, 0) is 60.7 Å². The van der Waals surface area contributed by atoms with Gasteiger partial charge in [-0.3, -0.25) is 9.48 Å². The van der Waals surface area contributed by atoms with Gasteiger partial charge in [-0.25, -0.2) is 0 Å². The van der Waals surface area contributed by atoms with E-state index in [2.05, 4.69) is 33.0 Å². The van der Waals surface area contributed by atoms with Crippen LogP contribution in [0.25, 0.3) is 0 Å². The van der Waals surface area contributed by atoms with Crippen molar-refractivity contribution in [3.05, 3.63) is 39.7 Å². The molecule has 0 radical (unpaired) electrons. The van der Waals surface area contributed by atoms with Gasteiger partial charge in [-0.1, -0.05) is 0 Å². The van der Waals surface area contributed by atoms with E-state index < -0.39 is 0 Å². The summed E-state index contributed by atoms with van der Waals surface area (Å²) < 4.78 is 8.32. The lowest BCUT2D eigenvalue weighted by Crippen LogP contribution is -2.15. The van der Waals surface area contributed by atoms with Crippen LogP contribution in [0.5, 0.6) is 5.75 Å². The van der Waals surface area contributed by atoms with Gasteiger partial charge >= 0.3 is 0 Å². The van der Waals surface area contributed by atoms with Crippen LogP contribution in [0.3, 0.4) is 0 Å². The number of carbonyl (C=O) groups is 1. The van der Waals surface area contributed by atoms with Crippen molar-refractivity contribution in [2.45, 2.75) is 26.8 Å². The highest BCUT2D eigenvalue weighted by Gasteiger charge is 2.07. The first-order valence-corrected chi connectivity index (χ1v) is 7.88. The van der Waals surface area contributed by atoms with Gasteiger partial charge in [-0.2, -0.15) is 5.10 Å². The summed E-state index contributed by atoms with van der Waals surface area (Å²) in [6, 6.07) is 7.37. The van der Waals surface area contributed by atoms with Gasteiger partial charge in [0.05, 0.1) is 22.9 Å². The number of anilines is 1. The molecule has 2 aromatic rings. The lowest BCUT2D eigenvalue weighted by atomic mass is 10.3. The number of hydrogen-bond acceptors (Lipinski definition) is 3. The molecule has 0 atom stereocenters. The molecule has 2 rings (SSSR count). The Hall–Kier alpha value is -1.57. The second-order valence-corrected chi connectivity index (χ2v) is 5.72. The van der Waals surface area contributed by atoms with Gasteiger partial charge < -0.3 is 10.1 Å². The van der Waals surface area contributed by atoms with E-state index in [0.717, 1.165) is 20.7 Å². The van der Waals surface area contributed by atoms with E-state index in [4.69, 9.17) is 4.74 Å². The fourth-order valence-electron chi connectivity index (χ4n) is 1.88. The maximum atomic E-state index is 11.9. The largest absolute Gasteiger partial charge is 0.494 e. The van der Waals surface area contributed by atoms with E-state index in [9.17, 15) is 4.79 Å². The summed E-state index contributed by atoms with van der Waals surface area (Å²) >= 11 is 2.23. The number of carbonyl (C=O) groups excluding carboxylic acids is 1. The molecule has 1 heterocycles. The van der Waals surface area contributed by atoms with Gasteiger partial charge in [0.2, 0.25) is 5.91 Å². The molecule has 0 unspecified atom stereocenters. The van der Waals surface area contributed by atoms with Gasteiger partial charge in [0.1, 0.15) is 5.75 Å². The van der Waals surface area contributed by atoms with Gasteiger partial charge in [-0.15, -0.1) is 0 Å². The molecule has 21 heavy (non-hydrogen) atoms. The minimum Gasteiger partial charge on any atom is -0.494 e. The molecule has 1 aromatic heterocycles. The van der Waals surface area contributed by atoms with Crippen molar-refractivity contribution in [3.63, 3.8) is 0 Å². The minimum atomic E-state index is -0.0240. The smallest absolute Gasteiger partial charge is 0.226 e. The van der Waals surface area contributed by atoms with E-state index in [1.165, 1.54) is 0 Å². The summed E-state index contributed by atoms with van der Waals surface area (Å²) in [5.41, 5.74) is 1.86. The number of aromatic nitrogens is 2. The molecular formula is C15H18IN3O2. The van der Waals surface area contributed by atoms with Crippen LogP contribution < -0.4 is 10.1 Å². The first-order chi connectivity index (χ1) is 10.1. The number of amides is 1. The molecule has 0 aliphatic heterocycles. The molecule has 0 saturated carbocycles. The summed E-state index contributed by atoms with van der Waals surface area (Å²) in [4.78, 5) is 11.9. The predicted molar refractivity (Wildman–Crippen MR) is 90.5 cm³/mol. The summed E-state index contributed by atoms with van der Waals surface area (Å²) in [5, 5.41) is 7.11. The molecule has 5 nitrogen and oxygen atoms in total. The first kappa shape index (κ1) is 15.8. The zero-order valence-corrected chi connectivity index (χ0v) is 14.3. The Bertz CT molecular complexity index is 608. The van der Waals surface area contributed by atoms with Crippen LogP contribution in [-0.4, -0.2) is 22.3 Å². The second kappa shape index (κ2) is 7.44. The monoisotopic (exact) mass is 399 g/mol. The molecule has 6 heteroatoms. The number of ether oxygens (including phenoxy) is 1. The van der Waals surface area contributed by atoms with Crippen LogP contribution >= 0.6 is 22.6 Å². The highest BCUT2D eigenvalue weighted by Crippen LogP contribution is 2.16. The molecule has 1 N–H and O–H groups in total. The topological polar surface area (TPSA) is 56.1 Å². The lowest BCUT2D eigenvalue weighted by Gasteiger charge is -2.08. The third kappa shape index (κ3) is 4.45. The highest BCUT2D eigenvalue weighted by atomic mass is 127. The van der Waals surface area contributed by atoms with E-state index in [1.807, 2.05) is 42.8 Å². The van der Waals surface area contributed by atoms with Crippen molar-refractivity contribution in [1.82, 2.24) is 9.78 Å². The Balaban J connectivity index is 1.85. The normalized spacial score (nSPS) is 10.4. The molecule has 0 aliphatic carbocycles. The van der Waals surface area contributed by atoms with Crippen LogP contribution in [0.15, 0.2) is 30.5 Å². The summed E-state index contributed by atoms with van der Waals surface area (Å²) in [7, 11) is 0. The van der Waals surface area contributed by atoms with E-state index >= 15 is 0 Å². The average Bonchev–Trinajstić information content (AvgIpc) is 2.79. The van der Waals surface area contributed by atoms with Crippen molar-refractivity contribution in [2.24, 2.45) is 0 Å². The summed E-state index contributed by atoms with van der Waals surface area (Å²) in [6.07, 6.45) is 2.20. The second-order valence-electron chi connectivity index (χ2n) is 4.56. The number of nitrogens with one attached hydrogen (secondary N) is 1. The third-order valence-electron chi connectivity index (χ3n) is 3.04. The number of nitrogens with zero attached hydrogens (tertiary/aromatic N) is 2. The minimum absolute atomic E-state index is 0.0240. The van der Waals surface area contributed by atoms with E-state index in [-0.39, 0.29) is 5.91 Å². The van der Waals surface area contributed by atoms with Crippen LogP contribution in [0, 0.1) is 10.5 Å². The van der Waals surface area contributed by atoms with Crippen LogP contribution in [0.4, 0.5) is 5.69 Å². The molecule has 0 bridgehead atoms. The Kier molecular flexibility index (Phi) is 5.60. The molecule has 0 spiro atoms. The predicted octanol–water partition coefficient (Wildman–Crippen LogP) is 3.22. The molecule has 0 saturated heterocycles. The molecule has 0 aliphatic rings. The Morgan fingerprint density at radius 2 is 2.10 bits per heavy atom. The number of aryl methyl sites for hydroxylation is 1. The highest BCUT2D eigenvalue weighted by molar-refractivity contribution is 14.1. The Labute approximate surface area is 137 Å². The van der Waals surface area contributed by atoms with Gasteiger partial charge in [0, 0.05) is 17.8 Å². The van der Waals surface area contributed by atoms with Crippen molar-refractivity contribution in [2.75, 3.05) is 11.9 Å². The van der Waals surface area contributed by atoms with Crippen LogP contribution in [0.2, 0.25) is 0 Å². The number of benzene rings is 1. The first-order valence-electron chi connectivity index (χ1n) is 6.80. The molecule has 0 fully saturated rings. The van der Waals surface area contributed by atoms with E-state index in [1.54, 1.807) is 6.20 Å². The van der Waals surface area contributed by atoms with Crippen molar-refractivity contribution < 1.29 is 9.53 Å². The fourth-order valence-corrected chi connectivity index (χ4v) is 2.28. The van der Waals surface area contributed by atoms with Crippen molar-refractivity contribution in [1.29, 1.82) is 0 Å². The molecule has 112 valence electrons. The third-order valence-corrected chi connectivity index (χ3v) is 4.10. The zero-order chi connectivity index (χ0) is 15.2. The SMILES string of the molecule is CCOc1ccc(NC(=O)CCn2ncc(I)c2C)cc1. The standard InChI is InChI=1S/C15H18IN3O2/c1-3-21-13-6-4-12(5-7-13)18-15(20)8-9-19-11(2)14(16)10-17-19/h4-7,10H,3,8-9H2,1-2H3,(H,18,20). The quantitative estimate of drug-likeness (QED) is 0.759. The van der Waals surface area contributed by atoms with Crippen molar-refractivity contribution in [3.8, 4) is 5.75 Å². The summed E-state index contributed by atoms with van der Waals surface area (Å²) in [5.74, 6) is 0.779. The van der Waals surface area contributed by atoms with Crippen LogP contribution in [-0.2, 0) is 11.3 Å². The number of hydrogen-bond donors (Lipinski definition) is 1. The zero-order valence-electron chi connectivity index (χ0n) is 12.1. The average molecular weight is 399 g/mol. The van der Waals surface area contributed by atoms with Gasteiger partial charge in [0.15, 0.2) is 0 Å². The van der Waals surface area contributed by atoms with Crippen LogP contribution in [0.1, 0.15) is 19.0 Å². The number of halogens is 1. The lowest BCUT2D eigenvalue weighted by molar-refractivity contribution is -0.116. The number of rotatable bonds is 6. The fraction of sp³-hybridized carbons (Fsp3) is 0.333. The Morgan fingerprint density at radius 1 is 1.38 bits per heavy atom. The molecule has 1 amide bonds.